The van der Waals surface area contributed by atoms with Crippen LogP contribution in [0.3, 0.4) is 0 Å². The molecule has 0 fully saturated rings. The van der Waals surface area contributed by atoms with Gasteiger partial charge >= 0.3 is 0 Å². The predicted molar refractivity (Wildman–Crippen MR) is 89.0 cm³/mol. The van der Waals surface area contributed by atoms with Crippen molar-refractivity contribution in [2.24, 2.45) is 0 Å². The Morgan fingerprint density at radius 1 is 1.27 bits per heavy atom. The Morgan fingerprint density at radius 3 is 2.64 bits per heavy atom. The lowest BCUT2D eigenvalue weighted by atomic mass is 10.3. The van der Waals surface area contributed by atoms with E-state index in [1.54, 1.807) is 14.2 Å². The second kappa shape index (κ2) is 10.3. The van der Waals surface area contributed by atoms with Crippen LogP contribution in [0.2, 0.25) is 0 Å². The minimum Gasteiger partial charge on any atom is -0.493 e. The summed E-state index contributed by atoms with van der Waals surface area (Å²) in [5, 5.41) is 2.74. The molecule has 0 aromatic heterocycles. The summed E-state index contributed by atoms with van der Waals surface area (Å²) in [5.74, 6) is 1.37. The molecule has 0 aliphatic carbocycles. The van der Waals surface area contributed by atoms with E-state index in [1.165, 1.54) is 11.8 Å². The third kappa shape index (κ3) is 6.15. The molecule has 0 heterocycles. The molecule has 22 heavy (non-hydrogen) atoms. The maximum Gasteiger partial charge on any atom is 0.233 e. The number of benzene rings is 1. The van der Waals surface area contributed by atoms with Crippen molar-refractivity contribution in [3.05, 3.63) is 18.2 Å². The first kappa shape index (κ1) is 18.6. The molecule has 1 aromatic rings. The fourth-order valence-corrected chi connectivity index (χ4v) is 2.74. The van der Waals surface area contributed by atoms with Gasteiger partial charge in [-0.1, -0.05) is 0 Å². The number of methoxy groups -OCH3 is 2. The molecule has 0 spiro atoms. The summed E-state index contributed by atoms with van der Waals surface area (Å²) in [7, 11) is 3.20. The van der Waals surface area contributed by atoms with Gasteiger partial charge in [0.2, 0.25) is 5.91 Å². The Hall–Kier alpha value is -1.40. The minimum absolute atomic E-state index is 0.0243. The van der Waals surface area contributed by atoms with E-state index in [2.05, 4.69) is 5.32 Å². The van der Waals surface area contributed by atoms with Crippen molar-refractivity contribution >= 4 is 17.7 Å². The lowest BCUT2D eigenvalue weighted by molar-refractivity contribution is -0.120. The van der Waals surface area contributed by atoms with Crippen LogP contribution in [0.1, 0.15) is 20.3 Å². The molecule has 5 nitrogen and oxygen atoms in total. The van der Waals surface area contributed by atoms with Gasteiger partial charge in [0.1, 0.15) is 0 Å². The number of hydrogen-bond donors (Lipinski definition) is 1. The van der Waals surface area contributed by atoms with Gasteiger partial charge in [-0.05, 0) is 38.5 Å². The molecule has 0 radical (unpaired) electrons. The van der Waals surface area contributed by atoms with Crippen LogP contribution in [0, 0.1) is 0 Å². The van der Waals surface area contributed by atoms with Gasteiger partial charge in [0.05, 0.1) is 19.5 Å². The van der Waals surface area contributed by atoms with E-state index in [-0.39, 0.29) is 11.2 Å². The van der Waals surface area contributed by atoms with Crippen LogP contribution < -0.4 is 14.8 Å². The van der Waals surface area contributed by atoms with Crippen molar-refractivity contribution in [3.8, 4) is 11.5 Å². The highest BCUT2D eigenvalue weighted by Crippen LogP contribution is 2.33. The summed E-state index contributed by atoms with van der Waals surface area (Å²) in [6, 6.07) is 5.64. The van der Waals surface area contributed by atoms with E-state index in [9.17, 15) is 4.79 Å². The summed E-state index contributed by atoms with van der Waals surface area (Å²) in [4.78, 5) is 13.0. The highest BCUT2D eigenvalue weighted by Gasteiger charge is 2.15. The number of ether oxygens (including phenoxy) is 3. The molecular weight excluding hydrogens is 302 g/mol. The van der Waals surface area contributed by atoms with Crippen LogP contribution in [0.25, 0.3) is 0 Å². The topological polar surface area (TPSA) is 56.8 Å². The maximum absolute atomic E-state index is 12.0. The average molecular weight is 327 g/mol. The number of amides is 1. The largest absolute Gasteiger partial charge is 0.493 e. The number of carbonyl (C=O) groups excluding carboxylic acids is 1. The molecule has 1 N–H and O–H groups in total. The zero-order valence-corrected chi connectivity index (χ0v) is 14.5. The van der Waals surface area contributed by atoms with Crippen molar-refractivity contribution in [2.75, 3.05) is 34.0 Å². The standard InChI is InChI=1S/C16H25NO4S/c1-5-21-10-6-9-17-16(18)12(2)22-13-7-8-14(19-3)15(11-13)20-4/h7-8,11-12H,5-6,9-10H2,1-4H3,(H,17,18)/t12-/m0/s1. The quantitative estimate of drug-likeness (QED) is 0.529. The maximum atomic E-state index is 12.0. The van der Waals surface area contributed by atoms with E-state index in [0.29, 0.717) is 31.3 Å². The Kier molecular flexibility index (Phi) is 8.77. The molecule has 0 bridgehead atoms. The molecule has 0 aliphatic rings. The van der Waals surface area contributed by atoms with Crippen molar-refractivity contribution in [1.29, 1.82) is 0 Å². The SMILES string of the molecule is CCOCCCNC(=O)[C@H](C)Sc1ccc(OC)c(OC)c1. The van der Waals surface area contributed by atoms with Crippen LogP contribution >= 0.6 is 11.8 Å². The molecule has 6 heteroatoms. The van der Waals surface area contributed by atoms with E-state index in [1.807, 2.05) is 32.0 Å². The first-order chi connectivity index (χ1) is 10.6. The molecule has 0 aliphatic heterocycles. The molecule has 1 rings (SSSR count). The third-order valence-corrected chi connectivity index (χ3v) is 4.10. The Balaban J connectivity index is 2.46. The number of hydrogen-bond acceptors (Lipinski definition) is 5. The van der Waals surface area contributed by atoms with Crippen molar-refractivity contribution in [2.45, 2.75) is 30.4 Å². The smallest absolute Gasteiger partial charge is 0.233 e. The van der Waals surface area contributed by atoms with Crippen LogP contribution in [0.5, 0.6) is 11.5 Å². The van der Waals surface area contributed by atoms with E-state index < -0.39 is 0 Å². The Labute approximate surface area is 136 Å². The van der Waals surface area contributed by atoms with Gasteiger partial charge in [0.15, 0.2) is 11.5 Å². The van der Waals surface area contributed by atoms with Crippen LogP contribution in [0.15, 0.2) is 23.1 Å². The van der Waals surface area contributed by atoms with Gasteiger partial charge in [-0.15, -0.1) is 11.8 Å². The van der Waals surface area contributed by atoms with E-state index in [0.717, 1.165) is 11.3 Å². The normalized spacial score (nSPS) is 11.8. The summed E-state index contributed by atoms with van der Waals surface area (Å²) >= 11 is 1.49. The number of rotatable bonds is 10. The van der Waals surface area contributed by atoms with Crippen molar-refractivity contribution in [3.63, 3.8) is 0 Å². The molecule has 0 saturated heterocycles. The molecule has 0 saturated carbocycles. The summed E-state index contributed by atoms with van der Waals surface area (Å²) in [5.41, 5.74) is 0. The molecule has 124 valence electrons. The first-order valence-corrected chi connectivity index (χ1v) is 8.24. The molecule has 0 unspecified atom stereocenters. The Bertz CT molecular complexity index is 467. The van der Waals surface area contributed by atoms with Crippen molar-refractivity contribution in [1.82, 2.24) is 5.32 Å². The van der Waals surface area contributed by atoms with Crippen molar-refractivity contribution < 1.29 is 19.0 Å². The Morgan fingerprint density at radius 2 is 2.00 bits per heavy atom. The second-order valence-corrected chi connectivity index (χ2v) is 6.03. The minimum atomic E-state index is -0.176. The zero-order chi connectivity index (χ0) is 16.4. The molecule has 1 amide bonds. The highest BCUT2D eigenvalue weighted by atomic mass is 32.2. The molecule has 1 aromatic carbocycles. The predicted octanol–water partition coefficient (Wildman–Crippen LogP) is 2.73. The monoisotopic (exact) mass is 327 g/mol. The number of carbonyl (C=O) groups is 1. The summed E-state index contributed by atoms with van der Waals surface area (Å²) in [6.45, 7) is 5.86. The van der Waals surface area contributed by atoms with Crippen LogP contribution in [0.4, 0.5) is 0 Å². The van der Waals surface area contributed by atoms with Gasteiger partial charge < -0.3 is 19.5 Å². The lowest BCUT2D eigenvalue weighted by Crippen LogP contribution is -2.32. The van der Waals surface area contributed by atoms with Crippen LogP contribution in [-0.2, 0) is 9.53 Å². The van der Waals surface area contributed by atoms with Gasteiger partial charge in [0.25, 0.3) is 0 Å². The summed E-state index contributed by atoms with van der Waals surface area (Å²) in [6.07, 6.45) is 0.827. The molecular formula is C16H25NO4S. The zero-order valence-electron chi connectivity index (χ0n) is 13.7. The third-order valence-electron chi connectivity index (χ3n) is 3.01. The fraction of sp³-hybridized carbons (Fsp3) is 0.562. The van der Waals surface area contributed by atoms with Gasteiger partial charge in [0, 0.05) is 24.7 Å². The second-order valence-electron chi connectivity index (χ2n) is 4.62. The number of thioether (sulfide) groups is 1. The fourth-order valence-electron chi connectivity index (χ4n) is 1.82. The first-order valence-electron chi connectivity index (χ1n) is 7.36. The van der Waals surface area contributed by atoms with Crippen LogP contribution in [-0.4, -0.2) is 45.1 Å². The van der Waals surface area contributed by atoms with Gasteiger partial charge in [-0.3, -0.25) is 4.79 Å². The highest BCUT2D eigenvalue weighted by molar-refractivity contribution is 8.00. The summed E-state index contributed by atoms with van der Waals surface area (Å²) < 4.78 is 15.7. The number of nitrogens with one attached hydrogen (secondary N) is 1. The van der Waals surface area contributed by atoms with Gasteiger partial charge in [-0.25, -0.2) is 0 Å². The van der Waals surface area contributed by atoms with E-state index in [4.69, 9.17) is 14.2 Å². The lowest BCUT2D eigenvalue weighted by Gasteiger charge is -2.13. The van der Waals surface area contributed by atoms with Gasteiger partial charge in [-0.2, -0.15) is 0 Å². The van der Waals surface area contributed by atoms with E-state index >= 15 is 0 Å². The average Bonchev–Trinajstić information content (AvgIpc) is 2.54. The molecule has 1 atom stereocenters.